The fourth-order valence-electron chi connectivity index (χ4n) is 2.20. The number of non-ortho nitro benzene ring substituents is 1. The molecule has 1 heterocycles. The minimum atomic E-state index is -0.403. The minimum Gasteiger partial charge on any atom is -0.310 e. The monoisotopic (exact) mass is 308 g/mol. The summed E-state index contributed by atoms with van der Waals surface area (Å²) in [5, 5.41) is 19.1. The molecule has 0 saturated carbocycles. The van der Waals surface area contributed by atoms with Crippen LogP contribution in [0, 0.1) is 23.0 Å². The molecule has 0 N–H and O–H groups in total. The summed E-state index contributed by atoms with van der Waals surface area (Å²) in [6.45, 7) is 6.78. The number of halogens is 1. The van der Waals surface area contributed by atoms with Gasteiger partial charge in [-0.3, -0.25) is 10.1 Å². The second-order valence-electron chi connectivity index (χ2n) is 5.33. The summed E-state index contributed by atoms with van der Waals surface area (Å²) in [5.74, 6) is 2.11. The van der Waals surface area contributed by atoms with Crippen LogP contribution in [0.1, 0.15) is 25.2 Å². The molecule has 0 aliphatic rings. The van der Waals surface area contributed by atoms with E-state index in [2.05, 4.69) is 24.0 Å². The van der Waals surface area contributed by atoms with Gasteiger partial charge in [0.15, 0.2) is 5.82 Å². The predicted octanol–water partition coefficient (Wildman–Crippen LogP) is 3.56. The van der Waals surface area contributed by atoms with Gasteiger partial charge in [-0.05, 0) is 24.5 Å². The summed E-state index contributed by atoms with van der Waals surface area (Å²) in [6.07, 6.45) is 0. The smallest absolute Gasteiger partial charge is 0.269 e. The van der Waals surface area contributed by atoms with Crippen molar-refractivity contribution in [3.8, 4) is 11.4 Å². The maximum atomic E-state index is 10.8. The van der Waals surface area contributed by atoms with Gasteiger partial charge in [-0.15, -0.1) is 21.8 Å². The third kappa shape index (κ3) is 3.21. The second-order valence-corrected chi connectivity index (χ2v) is 5.60. The second kappa shape index (κ2) is 6.22. The van der Waals surface area contributed by atoms with Crippen LogP contribution < -0.4 is 0 Å². The Bertz CT molecular complexity index is 667. The molecule has 7 heteroatoms. The maximum absolute atomic E-state index is 10.8. The number of benzene rings is 1. The third-order valence-electron chi connectivity index (χ3n) is 3.16. The summed E-state index contributed by atoms with van der Waals surface area (Å²) in [5.41, 5.74) is 1.71. The van der Waals surface area contributed by atoms with E-state index in [1.807, 2.05) is 11.5 Å². The molecule has 0 spiro atoms. The van der Waals surface area contributed by atoms with E-state index in [4.69, 9.17) is 11.6 Å². The molecule has 1 aromatic heterocycles. The summed E-state index contributed by atoms with van der Waals surface area (Å²) < 4.78 is 1.98. The molecule has 0 saturated heterocycles. The molecular formula is C14H17ClN4O2. The van der Waals surface area contributed by atoms with Crippen LogP contribution in [0.25, 0.3) is 11.4 Å². The van der Waals surface area contributed by atoms with Crippen LogP contribution in [0.15, 0.2) is 18.2 Å². The molecule has 0 bridgehead atoms. The highest BCUT2D eigenvalue weighted by molar-refractivity contribution is 6.16. The number of aromatic nitrogens is 3. The number of nitrogens with zero attached hydrogens (tertiary/aromatic N) is 4. The zero-order valence-electron chi connectivity index (χ0n) is 12.2. The van der Waals surface area contributed by atoms with Crippen LogP contribution in [0.4, 0.5) is 5.69 Å². The van der Waals surface area contributed by atoms with E-state index >= 15 is 0 Å². The van der Waals surface area contributed by atoms with Gasteiger partial charge >= 0.3 is 0 Å². The van der Waals surface area contributed by atoms with Gasteiger partial charge in [-0.1, -0.05) is 13.8 Å². The van der Waals surface area contributed by atoms with E-state index < -0.39 is 4.92 Å². The number of hydrogen-bond acceptors (Lipinski definition) is 4. The molecule has 0 atom stereocenters. The quantitative estimate of drug-likeness (QED) is 0.481. The van der Waals surface area contributed by atoms with Gasteiger partial charge < -0.3 is 4.57 Å². The Morgan fingerprint density at radius 2 is 2.10 bits per heavy atom. The van der Waals surface area contributed by atoms with Crippen LogP contribution in [0.2, 0.25) is 0 Å². The highest BCUT2D eigenvalue weighted by Crippen LogP contribution is 2.27. The first kappa shape index (κ1) is 15.4. The summed E-state index contributed by atoms with van der Waals surface area (Å²) in [6, 6.07) is 4.74. The Hall–Kier alpha value is -1.95. The first-order valence-corrected chi connectivity index (χ1v) is 7.21. The topological polar surface area (TPSA) is 73.8 Å². The maximum Gasteiger partial charge on any atom is 0.269 e. The molecule has 0 aliphatic heterocycles. The molecule has 0 amide bonds. The zero-order valence-corrected chi connectivity index (χ0v) is 13.0. The van der Waals surface area contributed by atoms with E-state index in [0.29, 0.717) is 17.6 Å². The van der Waals surface area contributed by atoms with Gasteiger partial charge in [0.2, 0.25) is 0 Å². The molecule has 2 aromatic rings. The highest BCUT2D eigenvalue weighted by Gasteiger charge is 2.17. The SMILES string of the molecule is Cc1cc([N+](=O)[O-])ccc1-c1nnc(CCl)n1CC(C)C. The lowest BCUT2D eigenvalue weighted by molar-refractivity contribution is -0.384. The predicted molar refractivity (Wildman–Crippen MR) is 81.2 cm³/mol. The Morgan fingerprint density at radius 3 is 2.62 bits per heavy atom. The summed E-state index contributed by atoms with van der Waals surface area (Å²) in [7, 11) is 0. The fourth-order valence-corrected chi connectivity index (χ4v) is 2.40. The van der Waals surface area contributed by atoms with Crippen molar-refractivity contribution in [3.05, 3.63) is 39.7 Å². The van der Waals surface area contributed by atoms with Crippen molar-refractivity contribution in [1.29, 1.82) is 0 Å². The molecule has 0 fully saturated rings. The van der Waals surface area contributed by atoms with Gasteiger partial charge in [-0.2, -0.15) is 0 Å². The van der Waals surface area contributed by atoms with Gasteiger partial charge in [0, 0.05) is 24.2 Å². The summed E-state index contributed by atoms with van der Waals surface area (Å²) >= 11 is 5.91. The van der Waals surface area contributed by atoms with E-state index in [0.717, 1.165) is 17.7 Å². The Balaban J connectivity index is 2.51. The first-order chi connectivity index (χ1) is 9.93. The Kier molecular flexibility index (Phi) is 4.57. The molecular weight excluding hydrogens is 292 g/mol. The number of nitro benzene ring substituents is 1. The van der Waals surface area contributed by atoms with Gasteiger partial charge in [0.25, 0.3) is 5.69 Å². The van der Waals surface area contributed by atoms with Crippen molar-refractivity contribution >= 4 is 17.3 Å². The van der Waals surface area contributed by atoms with Gasteiger partial charge in [0.1, 0.15) is 5.82 Å². The van der Waals surface area contributed by atoms with Crippen molar-refractivity contribution in [1.82, 2.24) is 14.8 Å². The van der Waals surface area contributed by atoms with Crippen molar-refractivity contribution < 1.29 is 4.92 Å². The van der Waals surface area contributed by atoms with Crippen LogP contribution in [0.5, 0.6) is 0 Å². The van der Waals surface area contributed by atoms with Crippen molar-refractivity contribution in [2.75, 3.05) is 0 Å². The molecule has 0 radical (unpaired) electrons. The normalized spacial score (nSPS) is 11.1. The molecule has 6 nitrogen and oxygen atoms in total. The average molecular weight is 309 g/mol. The van der Waals surface area contributed by atoms with Gasteiger partial charge in [-0.25, -0.2) is 0 Å². The van der Waals surface area contributed by atoms with Crippen LogP contribution in [-0.2, 0) is 12.4 Å². The highest BCUT2D eigenvalue weighted by atomic mass is 35.5. The standard InChI is InChI=1S/C14H17ClN4O2/c1-9(2)8-18-13(7-15)16-17-14(18)12-5-4-11(19(20)21)6-10(12)3/h4-6,9H,7-8H2,1-3H3. The van der Waals surface area contributed by atoms with Gasteiger partial charge in [0.05, 0.1) is 10.8 Å². The minimum absolute atomic E-state index is 0.0729. The number of nitro groups is 1. The Labute approximate surface area is 127 Å². The third-order valence-corrected chi connectivity index (χ3v) is 3.40. The first-order valence-electron chi connectivity index (χ1n) is 6.67. The molecule has 0 aliphatic carbocycles. The molecule has 0 unspecified atom stereocenters. The van der Waals surface area contributed by atoms with Crippen molar-refractivity contribution in [2.45, 2.75) is 33.2 Å². The lowest BCUT2D eigenvalue weighted by Gasteiger charge is -2.13. The molecule has 1 aromatic carbocycles. The van der Waals surface area contributed by atoms with Crippen LogP contribution >= 0.6 is 11.6 Å². The molecule has 112 valence electrons. The lowest BCUT2D eigenvalue weighted by atomic mass is 10.1. The fraction of sp³-hybridized carbons (Fsp3) is 0.429. The average Bonchev–Trinajstić information content (AvgIpc) is 2.80. The number of hydrogen-bond donors (Lipinski definition) is 0. The van der Waals surface area contributed by atoms with Crippen LogP contribution in [-0.4, -0.2) is 19.7 Å². The van der Waals surface area contributed by atoms with E-state index in [1.165, 1.54) is 6.07 Å². The largest absolute Gasteiger partial charge is 0.310 e. The van der Waals surface area contributed by atoms with E-state index in [9.17, 15) is 10.1 Å². The van der Waals surface area contributed by atoms with Crippen molar-refractivity contribution in [3.63, 3.8) is 0 Å². The number of alkyl halides is 1. The zero-order chi connectivity index (χ0) is 15.6. The van der Waals surface area contributed by atoms with E-state index in [-0.39, 0.29) is 11.6 Å². The van der Waals surface area contributed by atoms with Crippen LogP contribution in [0.3, 0.4) is 0 Å². The Morgan fingerprint density at radius 1 is 1.38 bits per heavy atom. The summed E-state index contributed by atoms with van der Waals surface area (Å²) in [4.78, 5) is 10.4. The number of rotatable bonds is 5. The van der Waals surface area contributed by atoms with E-state index in [1.54, 1.807) is 12.1 Å². The van der Waals surface area contributed by atoms with Crippen molar-refractivity contribution in [2.24, 2.45) is 5.92 Å². The molecule has 2 rings (SSSR count). The lowest BCUT2D eigenvalue weighted by Crippen LogP contribution is -2.09. The molecule has 21 heavy (non-hydrogen) atoms. The number of aryl methyl sites for hydroxylation is 1.